The highest BCUT2D eigenvalue weighted by Crippen LogP contribution is 2.08. The molecular formula is C13H23N3. The zero-order valence-corrected chi connectivity index (χ0v) is 10.4. The van der Waals surface area contributed by atoms with Crippen molar-refractivity contribution in [1.82, 2.24) is 4.90 Å². The maximum absolute atomic E-state index is 5.55. The van der Waals surface area contributed by atoms with Crippen molar-refractivity contribution in [2.45, 2.75) is 20.4 Å². The lowest BCUT2D eigenvalue weighted by molar-refractivity contribution is 0.316. The molecule has 0 aliphatic carbocycles. The lowest BCUT2D eigenvalue weighted by atomic mass is 10.2. The molecule has 0 aliphatic heterocycles. The molecule has 0 fully saturated rings. The monoisotopic (exact) mass is 221 g/mol. The molecule has 0 unspecified atom stereocenters. The van der Waals surface area contributed by atoms with E-state index in [1.54, 1.807) is 0 Å². The van der Waals surface area contributed by atoms with Crippen molar-refractivity contribution < 1.29 is 0 Å². The molecule has 3 nitrogen and oxygen atoms in total. The van der Waals surface area contributed by atoms with Crippen molar-refractivity contribution in [1.29, 1.82) is 0 Å². The van der Waals surface area contributed by atoms with Gasteiger partial charge in [0.1, 0.15) is 0 Å². The second-order valence-corrected chi connectivity index (χ2v) is 3.85. The van der Waals surface area contributed by atoms with Crippen LogP contribution in [0.4, 0.5) is 5.69 Å². The van der Waals surface area contributed by atoms with Crippen LogP contribution in [0.2, 0.25) is 0 Å². The predicted molar refractivity (Wildman–Crippen MR) is 70.6 cm³/mol. The van der Waals surface area contributed by atoms with Crippen LogP contribution in [0.15, 0.2) is 24.3 Å². The Morgan fingerprint density at radius 1 is 1.12 bits per heavy atom. The van der Waals surface area contributed by atoms with Crippen molar-refractivity contribution in [3.8, 4) is 0 Å². The minimum atomic E-state index is 0.611. The second kappa shape index (κ2) is 7.25. The van der Waals surface area contributed by atoms with Crippen LogP contribution in [0.3, 0.4) is 0 Å². The van der Waals surface area contributed by atoms with E-state index in [0.29, 0.717) is 6.54 Å². The molecular weight excluding hydrogens is 198 g/mol. The molecule has 0 amide bonds. The number of likely N-dealkylation sites (N-methyl/N-ethyl adjacent to an activating group) is 1. The molecule has 0 atom stereocenters. The van der Waals surface area contributed by atoms with Gasteiger partial charge in [-0.15, -0.1) is 0 Å². The van der Waals surface area contributed by atoms with Crippen molar-refractivity contribution in [3.63, 3.8) is 0 Å². The summed E-state index contributed by atoms with van der Waals surface area (Å²) in [6, 6.07) is 8.31. The van der Waals surface area contributed by atoms with Crippen molar-refractivity contribution in [2.75, 3.05) is 31.5 Å². The SMILES string of the molecule is CCN(CC)CCNc1ccc(CN)cc1. The molecule has 1 aromatic carbocycles. The summed E-state index contributed by atoms with van der Waals surface area (Å²) in [5.74, 6) is 0. The highest BCUT2D eigenvalue weighted by molar-refractivity contribution is 5.44. The normalized spacial score (nSPS) is 10.8. The van der Waals surface area contributed by atoms with E-state index in [1.807, 2.05) is 0 Å². The van der Waals surface area contributed by atoms with Gasteiger partial charge in [0.15, 0.2) is 0 Å². The zero-order valence-electron chi connectivity index (χ0n) is 10.4. The first-order chi connectivity index (χ1) is 7.80. The van der Waals surface area contributed by atoms with Crippen LogP contribution >= 0.6 is 0 Å². The van der Waals surface area contributed by atoms with Gasteiger partial charge in [0.05, 0.1) is 0 Å². The fourth-order valence-electron chi connectivity index (χ4n) is 1.66. The van der Waals surface area contributed by atoms with Gasteiger partial charge in [-0.25, -0.2) is 0 Å². The first-order valence-corrected chi connectivity index (χ1v) is 6.05. The third kappa shape index (κ3) is 4.21. The van der Waals surface area contributed by atoms with Crippen LogP contribution in [0, 0.1) is 0 Å². The average molecular weight is 221 g/mol. The Morgan fingerprint density at radius 3 is 2.25 bits per heavy atom. The second-order valence-electron chi connectivity index (χ2n) is 3.85. The summed E-state index contributed by atoms with van der Waals surface area (Å²) < 4.78 is 0. The molecule has 1 aromatic rings. The van der Waals surface area contributed by atoms with Gasteiger partial charge in [0, 0.05) is 25.3 Å². The summed E-state index contributed by atoms with van der Waals surface area (Å²) in [7, 11) is 0. The van der Waals surface area contributed by atoms with Crippen molar-refractivity contribution in [2.24, 2.45) is 5.73 Å². The summed E-state index contributed by atoms with van der Waals surface area (Å²) in [4.78, 5) is 2.40. The molecule has 3 heteroatoms. The van der Waals surface area contributed by atoms with E-state index in [2.05, 4.69) is 48.3 Å². The minimum Gasteiger partial charge on any atom is -0.384 e. The average Bonchev–Trinajstić information content (AvgIpc) is 2.35. The summed E-state index contributed by atoms with van der Waals surface area (Å²) in [6.07, 6.45) is 0. The summed E-state index contributed by atoms with van der Waals surface area (Å²) in [6.45, 7) is 9.31. The highest BCUT2D eigenvalue weighted by Gasteiger charge is 1.98. The van der Waals surface area contributed by atoms with E-state index in [9.17, 15) is 0 Å². The molecule has 0 radical (unpaired) electrons. The Hall–Kier alpha value is -1.06. The van der Waals surface area contributed by atoms with Gasteiger partial charge in [-0.3, -0.25) is 0 Å². The maximum atomic E-state index is 5.55. The van der Waals surface area contributed by atoms with Gasteiger partial charge in [0.25, 0.3) is 0 Å². The maximum Gasteiger partial charge on any atom is 0.0340 e. The van der Waals surface area contributed by atoms with E-state index in [-0.39, 0.29) is 0 Å². The van der Waals surface area contributed by atoms with Gasteiger partial charge in [-0.05, 0) is 30.8 Å². The van der Waals surface area contributed by atoms with Gasteiger partial charge < -0.3 is 16.0 Å². The zero-order chi connectivity index (χ0) is 11.8. The molecule has 0 heterocycles. The van der Waals surface area contributed by atoms with Gasteiger partial charge in [-0.1, -0.05) is 26.0 Å². The molecule has 0 bridgehead atoms. The lowest BCUT2D eigenvalue weighted by Crippen LogP contribution is -2.28. The van der Waals surface area contributed by atoms with E-state index < -0.39 is 0 Å². The van der Waals surface area contributed by atoms with Gasteiger partial charge in [-0.2, -0.15) is 0 Å². The lowest BCUT2D eigenvalue weighted by Gasteiger charge is -2.18. The third-order valence-electron chi connectivity index (χ3n) is 2.84. The van der Waals surface area contributed by atoms with Crippen LogP contribution in [0.1, 0.15) is 19.4 Å². The number of hydrogen-bond acceptors (Lipinski definition) is 3. The Balaban J connectivity index is 2.31. The van der Waals surface area contributed by atoms with Crippen LogP contribution in [-0.4, -0.2) is 31.1 Å². The van der Waals surface area contributed by atoms with E-state index in [4.69, 9.17) is 5.73 Å². The number of anilines is 1. The molecule has 90 valence electrons. The standard InChI is InChI=1S/C13H23N3/c1-3-16(4-2)10-9-15-13-7-5-12(11-14)6-8-13/h5-8,15H,3-4,9-11,14H2,1-2H3. The van der Waals surface area contributed by atoms with E-state index in [1.165, 1.54) is 11.3 Å². The van der Waals surface area contributed by atoms with Crippen LogP contribution in [-0.2, 0) is 6.54 Å². The van der Waals surface area contributed by atoms with Crippen LogP contribution in [0.25, 0.3) is 0 Å². The predicted octanol–water partition coefficient (Wildman–Crippen LogP) is 1.90. The summed E-state index contributed by atoms with van der Waals surface area (Å²) in [5, 5.41) is 3.41. The number of nitrogens with two attached hydrogens (primary N) is 1. The van der Waals surface area contributed by atoms with E-state index >= 15 is 0 Å². The smallest absolute Gasteiger partial charge is 0.0340 e. The first kappa shape index (κ1) is 13.0. The van der Waals surface area contributed by atoms with Crippen LogP contribution in [0.5, 0.6) is 0 Å². The number of rotatable bonds is 7. The summed E-state index contributed by atoms with van der Waals surface area (Å²) >= 11 is 0. The topological polar surface area (TPSA) is 41.3 Å². The number of nitrogens with zero attached hydrogens (tertiary/aromatic N) is 1. The Kier molecular flexibility index (Phi) is 5.90. The fraction of sp³-hybridized carbons (Fsp3) is 0.538. The van der Waals surface area contributed by atoms with Gasteiger partial charge >= 0.3 is 0 Å². The fourth-order valence-corrected chi connectivity index (χ4v) is 1.66. The van der Waals surface area contributed by atoms with E-state index in [0.717, 1.165) is 26.2 Å². The highest BCUT2D eigenvalue weighted by atomic mass is 15.1. The molecule has 16 heavy (non-hydrogen) atoms. The Bertz CT molecular complexity index is 278. The van der Waals surface area contributed by atoms with Crippen molar-refractivity contribution >= 4 is 5.69 Å². The molecule has 0 aromatic heterocycles. The van der Waals surface area contributed by atoms with Gasteiger partial charge in [0.2, 0.25) is 0 Å². The first-order valence-electron chi connectivity index (χ1n) is 6.05. The third-order valence-corrected chi connectivity index (χ3v) is 2.84. The molecule has 1 rings (SSSR count). The van der Waals surface area contributed by atoms with Crippen molar-refractivity contribution in [3.05, 3.63) is 29.8 Å². The molecule has 0 aliphatic rings. The number of nitrogens with one attached hydrogen (secondary N) is 1. The Morgan fingerprint density at radius 2 is 1.75 bits per heavy atom. The quantitative estimate of drug-likeness (QED) is 0.739. The molecule has 0 spiro atoms. The molecule has 3 N–H and O–H groups in total. The summed E-state index contributed by atoms with van der Waals surface area (Å²) in [5.41, 5.74) is 7.89. The molecule has 0 saturated heterocycles. The minimum absolute atomic E-state index is 0.611. The van der Waals surface area contributed by atoms with Crippen LogP contribution < -0.4 is 11.1 Å². The number of benzene rings is 1. The Labute approximate surface area is 98.6 Å². The largest absolute Gasteiger partial charge is 0.384 e. The number of hydrogen-bond donors (Lipinski definition) is 2. The molecule has 0 saturated carbocycles.